The van der Waals surface area contributed by atoms with Crippen molar-refractivity contribution in [2.75, 3.05) is 0 Å². The fraction of sp³-hybridized carbons (Fsp3) is 0.0141. The third-order valence-electron chi connectivity index (χ3n) is 17.1. The van der Waals surface area contributed by atoms with E-state index >= 15 is 0 Å². The Morgan fingerprint density at radius 2 is 0.726 bits per heavy atom. The second-order valence-corrected chi connectivity index (χ2v) is 26.6. The summed E-state index contributed by atoms with van der Waals surface area (Å²) >= 11 is -0.723. The molecule has 0 amide bonds. The van der Waals surface area contributed by atoms with Crippen LogP contribution in [0.2, 0.25) is 0 Å². The minimum absolute atomic E-state index is 0.542. The summed E-state index contributed by atoms with van der Waals surface area (Å²) in [5.41, 5.74) is 23.6. The van der Waals surface area contributed by atoms with Gasteiger partial charge in [-0.25, -0.2) is 0 Å². The monoisotopic (exact) mass is 1050 g/mol. The molecule has 1 atom stereocenters. The standard InChI is InChI=1S/C71H46Ge2/c72-64-38-11-7-20-45(64)43-19-13-18-42(40-43)44-28-14-30-51-59(44)41-60-48(54-32-16-33-55-49-23-8-12-39-65(49)73-70(54)55)29-15-31-52(60)66(51)58-34-17-37-63-67(58)56-26-5-9-35-61(56)71(63)62-36-10-6-27-57(62)68-50-24-3-1-21-46(50)47-22-2-4-25-53(47)69(68)71/h1-41H,73H2,72H3. The van der Waals surface area contributed by atoms with Crippen molar-refractivity contribution >= 4 is 88.2 Å². The van der Waals surface area contributed by atoms with E-state index in [0.29, 0.717) is 16.5 Å². The average molecular weight is 1040 g/mol. The number of hydrogen-bond donors (Lipinski definition) is 0. The van der Waals surface area contributed by atoms with Gasteiger partial charge in [0, 0.05) is 0 Å². The first kappa shape index (κ1) is 41.6. The number of benzene rings is 13. The maximum atomic E-state index is 2.56. The number of rotatable bonds is 4. The third kappa shape index (κ3) is 5.68. The van der Waals surface area contributed by atoms with E-state index in [9.17, 15) is 0 Å². The normalized spacial score (nSPS) is 15.0. The Balaban J connectivity index is 1.03. The molecule has 1 aliphatic heterocycles. The predicted octanol–water partition coefficient (Wildman–Crippen LogP) is 14.4. The molecule has 1 unspecified atom stereocenters. The Hall–Kier alpha value is -8.01. The van der Waals surface area contributed by atoms with E-state index in [1.165, 1.54) is 148 Å². The summed E-state index contributed by atoms with van der Waals surface area (Å²) in [5.74, 6) is 0. The molecule has 338 valence electrons. The van der Waals surface area contributed by atoms with Gasteiger partial charge in [-0.05, 0) is 16.2 Å². The molecule has 0 nitrogen and oxygen atoms in total. The molecule has 0 N–H and O–H groups in total. The van der Waals surface area contributed by atoms with Crippen LogP contribution in [0.5, 0.6) is 0 Å². The summed E-state index contributed by atoms with van der Waals surface area (Å²) in [5, 5.41) is 10.4. The van der Waals surface area contributed by atoms with Crippen molar-refractivity contribution in [3.8, 4) is 77.9 Å². The van der Waals surface area contributed by atoms with E-state index in [0.717, 1.165) is 0 Å². The summed E-state index contributed by atoms with van der Waals surface area (Å²) in [7, 11) is 0. The first-order chi connectivity index (χ1) is 36.2. The first-order valence-electron chi connectivity index (χ1n) is 25.8. The molecule has 13 aromatic carbocycles. The van der Waals surface area contributed by atoms with Crippen molar-refractivity contribution in [1.29, 1.82) is 0 Å². The van der Waals surface area contributed by atoms with E-state index in [-0.39, 0.29) is 0 Å². The van der Waals surface area contributed by atoms with E-state index < -0.39 is 20.8 Å². The Labute approximate surface area is 439 Å². The molecule has 16 rings (SSSR count). The van der Waals surface area contributed by atoms with Gasteiger partial charge in [0.15, 0.2) is 0 Å². The number of hydrogen-bond acceptors (Lipinski definition) is 0. The molecule has 2 aliphatic carbocycles. The van der Waals surface area contributed by atoms with Crippen molar-refractivity contribution < 1.29 is 0 Å². The van der Waals surface area contributed by atoms with Crippen LogP contribution in [0.15, 0.2) is 249 Å². The third-order valence-corrected chi connectivity index (χ3v) is 23.3. The van der Waals surface area contributed by atoms with Gasteiger partial charge in [-0.15, -0.1) is 0 Å². The van der Waals surface area contributed by atoms with Crippen LogP contribution in [-0.4, -0.2) is 31.9 Å². The number of fused-ring (bicyclic) bond motifs is 20. The van der Waals surface area contributed by atoms with Gasteiger partial charge in [0.1, 0.15) is 0 Å². The molecule has 2 heteroatoms. The van der Waals surface area contributed by atoms with Crippen LogP contribution in [-0.2, 0) is 5.41 Å². The Morgan fingerprint density at radius 1 is 0.274 bits per heavy atom. The van der Waals surface area contributed by atoms with Crippen molar-refractivity contribution in [2.24, 2.45) is 0 Å². The fourth-order valence-corrected chi connectivity index (χ4v) is 20.0. The molecule has 0 aromatic heterocycles. The summed E-state index contributed by atoms with van der Waals surface area (Å²) in [6.07, 6.45) is 0. The molecule has 3 aliphatic rings. The van der Waals surface area contributed by atoms with Gasteiger partial charge < -0.3 is 0 Å². The summed E-state index contributed by atoms with van der Waals surface area (Å²) < 4.78 is 4.66. The van der Waals surface area contributed by atoms with Crippen LogP contribution >= 0.6 is 0 Å². The summed E-state index contributed by atoms with van der Waals surface area (Å²) in [6, 6.07) is 95.6. The van der Waals surface area contributed by atoms with Gasteiger partial charge in [-0.1, -0.05) is 66.7 Å². The topological polar surface area (TPSA) is 0 Å². The molecule has 0 saturated carbocycles. The SMILES string of the molecule is [GeH3][c]1ccccc1-c1cccc(-c2cccc3c(-c4cccc5c4-c4ccccc4C54c5ccccc5-c5c4c4ccccc4c4ccccc54)c4cccc(-c5cccc6[c]5[GeH2][c]5ccccc5-6)c4cc23)c1. The molecule has 0 saturated heterocycles. The first-order valence-corrected chi connectivity index (χ1v) is 30.9. The molecule has 1 spiro atoms. The zero-order chi connectivity index (χ0) is 47.9. The van der Waals surface area contributed by atoms with E-state index in [1.807, 2.05) is 0 Å². The molecule has 0 bridgehead atoms. The van der Waals surface area contributed by atoms with Gasteiger partial charge in [0.2, 0.25) is 0 Å². The van der Waals surface area contributed by atoms with Gasteiger partial charge in [0.05, 0.1) is 0 Å². The van der Waals surface area contributed by atoms with Crippen LogP contribution in [0.4, 0.5) is 0 Å². The van der Waals surface area contributed by atoms with E-state index in [1.54, 1.807) is 8.79 Å². The average Bonchev–Trinajstić information content (AvgIpc) is 4.11. The molecule has 0 radical (unpaired) electrons. The molecule has 1 heterocycles. The Kier molecular flexibility index (Phi) is 8.97. The molecular weight excluding hydrogens is 998 g/mol. The van der Waals surface area contributed by atoms with Gasteiger partial charge in [-0.3, -0.25) is 0 Å². The van der Waals surface area contributed by atoms with Gasteiger partial charge in [-0.2, -0.15) is 0 Å². The molecular formula is C71H46Ge2. The van der Waals surface area contributed by atoms with Crippen molar-refractivity contribution in [2.45, 2.75) is 5.41 Å². The fourth-order valence-electron chi connectivity index (χ4n) is 14.2. The Bertz CT molecular complexity index is 4560. The minimum atomic E-state index is -1.28. The molecule has 0 fully saturated rings. The van der Waals surface area contributed by atoms with Gasteiger partial charge in [0.25, 0.3) is 0 Å². The van der Waals surface area contributed by atoms with Crippen molar-refractivity contribution in [1.82, 2.24) is 0 Å². The second-order valence-electron chi connectivity index (χ2n) is 20.5. The summed E-state index contributed by atoms with van der Waals surface area (Å²) in [6.45, 7) is 0. The van der Waals surface area contributed by atoms with E-state index in [4.69, 9.17) is 0 Å². The van der Waals surface area contributed by atoms with Crippen LogP contribution in [0.1, 0.15) is 22.3 Å². The predicted molar refractivity (Wildman–Crippen MR) is 317 cm³/mol. The molecule has 13 aromatic rings. The maximum absolute atomic E-state index is 2.56. The second kappa shape index (κ2) is 15.7. The van der Waals surface area contributed by atoms with Crippen molar-refractivity contribution in [3.63, 3.8) is 0 Å². The van der Waals surface area contributed by atoms with Crippen LogP contribution in [0.3, 0.4) is 0 Å². The quantitative estimate of drug-likeness (QED) is 0.0936. The Morgan fingerprint density at radius 3 is 1.48 bits per heavy atom. The van der Waals surface area contributed by atoms with Crippen LogP contribution in [0.25, 0.3) is 121 Å². The van der Waals surface area contributed by atoms with Crippen molar-refractivity contribution in [3.05, 3.63) is 271 Å². The van der Waals surface area contributed by atoms with E-state index in [2.05, 4.69) is 249 Å². The molecule has 73 heavy (non-hydrogen) atoms. The van der Waals surface area contributed by atoms with Crippen LogP contribution < -0.4 is 13.2 Å². The zero-order valence-corrected chi connectivity index (χ0v) is 47.5. The van der Waals surface area contributed by atoms with Crippen LogP contribution in [0, 0.1) is 0 Å². The summed E-state index contributed by atoms with van der Waals surface area (Å²) in [4.78, 5) is 0. The van der Waals surface area contributed by atoms with Gasteiger partial charge >= 0.3 is 360 Å². The zero-order valence-electron chi connectivity index (χ0n) is 40.4.